The lowest BCUT2D eigenvalue weighted by Gasteiger charge is -2.35. The van der Waals surface area contributed by atoms with E-state index >= 15 is 4.39 Å². The summed E-state index contributed by atoms with van der Waals surface area (Å²) in [6.45, 7) is 2.75. The summed E-state index contributed by atoms with van der Waals surface area (Å²) in [4.78, 5) is 21.8. The van der Waals surface area contributed by atoms with Crippen LogP contribution in [0.15, 0.2) is 30.5 Å². The molecule has 4 N–H and O–H groups in total. The van der Waals surface area contributed by atoms with Crippen LogP contribution in [0.4, 0.5) is 19.6 Å². The van der Waals surface area contributed by atoms with Crippen LogP contribution in [0.3, 0.4) is 0 Å². The van der Waals surface area contributed by atoms with E-state index in [9.17, 15) is 14.4 Å². The molecule has 214 valence electrons. The van der Waals surface area contributed by atoms with Crippen molar-refractivity contribution in [3.8, 4) is 29.0 Å². The third-order valence-corrected chi connectivity index (χ3v) is 8.88. The van der Waals surface area contributed by atoms with Crippen LogP contribution < -0.4 is 11.5 Å². The maximum absolute atomic E-state index is 16.7. The van der Waals surface area contributed by atoms with Gasteiger partial charge in [-0.25, -0.2) is 13.8 Å². The van der Waals surface area contributed by atoms with Crippen LogP contribution in [0.25, 0.3) is 21.2 Å². The number of benzene rings is 2. The molecule has 0 saturated carbocycles. The van der Waals surface area contributed by atoms with E-state index in [-0.39, 0.29) is 54.5 Å². The molecule has 0 unspecified atom stereocenters. The Morgan fingerprint density at radius 1 is 1.21 bits per heavy atom. The van der Waals surface area contributed by atoms with E-state index in [2.05, 4.69) is 16.8 Å². The largest absolute Gasteiger partial charge is 0.389 e. The van der Waals surface area contributed by atoms with Crippen molar-refractivity contribution in [2.45, 2.75) is 25.8 Å². The van der Waals surface area contributed by atoms with Gasteiger partial charge in [0.2, 0.25) is 0 Å². The van der Waals surface area contributed by atoms with Crippen LogP contribution in [0.2, 0.25) is 5.02 Å². The third kappa shape index (κ3) is 4.92. The molecular weight excluding hydrogens is 578 g/mol. The average Bonchev–Trinajstić information content (AvgIpc) is 3.30. The lowest BCUT2D eigenvalue weighted by molar-refractivity contribution is 0.0672. The maximum atomic E-state index is 16.7. The van der Waals surface area contributed by atoms with Gasteiger partial charge in [0.25, 0.3) is 5.91 Å². The van der Waals surface area contributed by atoms with E-state index in [1.807, 2.05) is 32.0 Å². The SMILES string of the molecule is C[C@@H](c1cccnc1N)N1CCc2c(Cl)c(-c3ccc(F)c4sc(N)c(C#N)c34)c(F)c(C#CCCN(C)C)c2C1=O. The minimum Gasteiger partial charge on any atom is -0.389 e. The molecule has 2 aromatic heterocycles. The normalized spacial score (nSPS) is 13.6. The van der Waals surface area contributed by atoms with Crippen molar-refractivity contribution < 1.29 is 13.6 Å². The lowest BCUT2D eigenvalue weighted by Crippen LogP contribution is -2.40. The smallest absolute Gasteiger partial charge is 0.256 e. The molecule has 2 aromatic carbocycles. The molecule has 0 spiro atoms. The van der Waals surface area contributed by atoms with Gasteiger partial charge < -0.3 is 21.3 Å². The van der Waals surface area contributed by atoms with Crippen molar-refractivity contribution in [1.29, 1.82) is 5.26 Å². The number of nitriles is 1. The number of halogens is 3. The molecule has 0 bridgehead atoms. The maximum Gasteiger partial charge on any atom is 0.256 e. The summed E-state index contributed by atoms with van der Waals surface area (Å²) in [6, 6.07) is 7.69. The molecule has 4 aromatic rings. The van der Waals surface area contributed by atoms with Crippen LogP contribution in [0.1, 0.15) is 52.0 Å². The minimum absolute atomic E-state index is 0.0180. The van der Waals surface area contributed by atoms with E-state index in [1.54, 1.807) is 23.2 Å². The number of thiophene rings is 1. The highest BCUT2D eigenvalue weighted by Crippen LogP contribution is 2.47. The van der Waals surface area contributed by atoms with Crippen molar-refractivity contribution in [1.82, 2.24) is 14.8 Å². The zero-order chi connectivity index (χ0) is 30.3. The number of anilines is 2. The molecule has 0 radical (unpaired) electrons. The van der Waals surface area contributed by atoms with Crippen LogP contribution in [0, 0.1) is 34.8 Å². The van der Waals surface area contributed by atoms with Crippen molar-refractivity contribution in [3.05, 3.63) is 74.9 Å². The number of pyridine rings is 1. The molecule has 1 aliphatic heterocycles. The predicted octanol–water partition coefficient (Wildman–Crippen LogP) is 5.99. The molecule has 1 atom stereocenters. The van der Waals surface area contributed by atoms with E-state index in [0.29, 0.717) is 36.3 Å². The molecular formula is C31H27ClF2N6OS. The first-order valence-corrected chi connectivity index (χ1v) is 14.4. The molecule has 0 fully saturated rings. The number of fused-ring (bicyclic) bond motifs is 2. The number of aromatic nitrogens is 1. The number of rotatable bonds is 5. The van der Waals surface area contributed by atoms with Crippen molar-refractivity contribution in [2.24, 2.45) is 0 Å². The summed E-state index contributed by atoms with van der Waals surface area (Å²) in [7, 11) is 3.80. The van der Waals surface area contributed by atoms with E-state index in [1.165, 1.54) is 12.1 Å². The predicted molar refractivity (Wildman–Crippen MR) is 163 cm³/mol. The number of nitrogens with two attached hydrogens (primary N) is 2. The van der Waals surface area contributed by atoms with Gasteiger partial charge in [-0.1, -0.05) is 35.6 Å². The molecule has 7 nitrogen and oxygen atoms in total. The second-order valence-electron chi connectivity index (χ2n) is 10.2. The number of carbonyl (C=O) groups excluding carboxylic acids is 1. The summed E-state index contributed by atoms with van der Waals surface area (Å²) in [5.74, 6) is 4.37. The fourth-order valence-corrected chi connectivity index (χ4v) is 6.63. The van der Waals surface area contributed by atoms with Gasteiger partial charge in [-0.15, -0.1) is 11.3 Å². The summed E-state index contributed by atoms with van der Waals surface area (Å²) in [5, 5.41) is 10.1. The topological polar surface area (TPSA) is 112 Å². The first-order chi connectivity index (χ1) is 20.1. The molecule has 0 saturated heterocycles. The van der Waals surface area contributed by atoms with Gasteiger partial charge in [-0.3, -0.25) is 4.79 Å². The number of amides is 1. The molecule has 1 aliphatic rings. The molecule has 11 heteroatoms. The van der Waals surface area contributed by atoms with Gasteiger partial charge >= 0.3 is 0 Å². The van der Waals surface area contributed by atoms with E-state index in [4.69, 9.17) is 23.1 Å². The highest BCUT2D eigenvalue weighted by molar-refractivity contribution is 7.23. The Bertz CT molecular complexity index is 1850. The Morgan fingerprint density at radius 2 is 1.98 bits per heavy atom. The first kappa shape index (κ1) is 29.3. The lowest BCUT2D eigenvalue weighted by atomic mass is 9.87. The van der Waals surface area contributed by atoms with Gasteiger partial charge in [0.1, 0.15) is 28.5 Å². The summed E-state index contributed by atoms with van der Waals surface area (Å²) in [5.41, 5.74) is 13.5. The Labute approximate surface area is 251 Å². The monoisotopic (exact) mass is 604 g/mol. The molecule has 1 amide bonds. The fraction of sp³-hybridized carbons (Fsp3) is 0.258. The van der Waals surface area contributed by atoms with Crippen LogP contribution in [-0.2, 0) is 6.42 Å². The van der Waals surface area contributed by atoms with Gasteiger partial charge in [-0.2, -0.15) is 5.26 Å². The number of carbonyl (C=O) groups is 1. The number of hydrogen-bond donors (Lipinski definition) is 2. The quantitative estimate of drug-likeness (QED) is 0.271. The Hall–Kier alpha value is -4.22. The summed E-state index contributed by atoms with van der Waals surface area (Å²) in [6.07, 6.45) is 2.31. The van der Waals surface area contributed by atoms with E-state index < -0.39 is 23.6 Å². The van der Waals surface area contributed by atoms with Crippen LogP contribution in [0.5, 0.6) is 0 Å². The van der Waals surface area contributed by atoms with Gasteiger partial charge in [0.15, 0.2) is 0 Å². The Morgan fingerprint density at radius 3 is 2.67 bits per heavy atom. The second-order valence-corrected chi connectivity index (χ2v) is 11.7. The van der Waals surface area contributed by atoms with Gasteiger partial charge in [-0.05, 0) is 50.7 Å². The van der Waals surface area contributed by atoms with Crippen molar-refractivity contribution in [3.63, 3.8) is 0 Å². The molecule has 0 aliphatic carbocycles. The zero-order valence-corrected chi connectivity index (χ0v) is 24.8. The highest BCUT2D eigenvalue weighted by atomic mass is 35.5. The summed E-state index contributed by atoms with van der Waals surface area (Å²) >= 11 is 7.83. The van der Waals surface area contributed by atoms with Crippen LogP contribution >= 0.6 is 22.9 Å². The number of nitrogens with zero attached hydrogens (tertiary/aromatic N) is 4. The molecule has 5 rings (SSSR count). The van der Waals surface area contributed by atoms with Gasteiger partial charge in [0, 0.05) is 42.2 Å². The van der Waals surface area contributed by atoms with Crippen molar-refractivity contribution in [2.75, 3.05) is 38.7 Å². The molecule has 3 heterocycles. The average molecular weight is 605 g/mol. The number of nitrogen functional groups attached to an aromatic ring is 2. The Kier molecular flexibility index (Phi) is 8.07. The van der Waals surface area contributed by atoms with Crippen molar-refractivity contribution >= 4 is 49.7 Å². The second kappa shape index (κ2) is 11.6. The highest BCUT2D eigenvalue weighted by Gasteiger charge is 2.36. The zero-order valence-electron chi connectivity index (χ0n) is 23.2. The number of hydrogen-bond acceptors (Lipinski definition) is 7. The standard InChI is InChI=1S/C31H27ClF2N6OS/c1-16(17-8-6-12-38-29(17)36)40-14-11-19-24(31(40)41)20(7-4-5-13-39(2)3)27(34)25(26(19)32)18-9-10-22(33)28-23(18)21(15-35)30(37)42-28/h6,8-10,12,16H,5,11,13-14,37H2,1-3H3,(H2,36,38)/t16-/m0/s1. The molecule has 42 heavy (non-hydrogen) atoms. The van der Waals surface area contributed by atoms with Gasteiger partial charge in [0.05, 0.1) is 32.5 Å². The first-order valence-electron chi connectivity index (χ1n) is 13.2. The van der Waals surface area contributed by atoms with E-state index in [0.717, 1.165) is 11.3 Å². The third-order valence-electron chi connectivity index (χ3n) is 7.44. The fourth-order valence-electron chi connectivity index (χ4n) is 5.30. The Balaban J connectivity index is 1.75. The van der Waals surface area contributed by atoms with Crippen LogP contribution in [-0.4, -0.2) is 47.9 Å². The summed E-state index contributed by atoms with van der Waals surface area (Å²) < 4.78 is 31.7. The minimum atomic E-state index is -0.818.